The van der Waals surface area contributed by atoms with Crippen LogP contribution in [-0.4, -0.2) is 30.8 Å². The summed E-state index contributed by atoms with van der Waals surface area (Å²) in [7, 11) is 1.61. The highest BCUT2D eigenvalue weighted by atomic mass is 16.5. The fourth-order valence-corrected chi connectivity index (χ4v) is 1.72. The van der Waals surface area contributed by atoms with Gasteiger partial charge in [-0.25, -0.2) is 0 Å². The number of nitrogens with one attached hydrogen (secondary N) is 1. The second-order valence-corrected chi connectivity index (χ2v) is 4.34. The predicted octanol–water partition coefficient (Wildman–Crippen LogP) is 1.72. The number of ether oxygens (including phenoxy) is 1. The van der Waals surface area contributed by atoms with E-state index in [9.17, 15) is 4.79 Å². The number of aliphatic hydroxyl groups excluding tert-OH is 1. The number of hydrogen-bond donors (Lipinski definition) is 2. The van der Waals surface area contributed by atoms with Crippen LogP contribution in [0.4, 0.5) is 0 Å². The zero-order valence-electron chi connectivity index (χ0n) is 11.0. The van der Waals surface area contributed by atoms with Crippen LogP contribution in [-0.2, 0) is 11.3 Å². The molecule has 2 N–H and O–H groups in total. The molecule has 0 heterocycles. The largest absolute Gasteiger partial charge is 0.393 e. The highest BCUT2D eigenvalue weighted by Gasteiger charge is 2.09. The Morgan fingerprint density at radius 1 is 1.44 bits per heavy atom. The van der Waals surface area contributed by atoms with Crippen LogP contribution >= 0.6 is 0 Å². The smallest absolute Gasteiger partial charge is 0.251 e. The zero-order chi connectivity index (χ0) is 13.4. The van der Waals surface area contributed by atoms with Crippen molar-refractivity contribution in [1.29, 1.82) is 0 Å². The molecule has 18 heavy (non-hydrogen) atoms. The van der Waals surface area contributed by atoms with Crippen LogP contribution in [0.5, 0.6) is 0 Å². The fourth-order valence-electron chi connectivity index (χ4n) is 1.72. The molecule has 0 aliphatic rings. The molecule has 0 aliphatic carbocycles. The molecular weight excluding hydrogens is 230 g/mol. The average molecular weight is 251 g/mol. The van der Waals surface area contributed by atoms with E-state index in [2.05, 4.69) is 5.32 Å². The standard InChI is InChI=1S/C14H21NO3/c1-11(16)6-5-9-15-14(17)13-8-4-3-7-12(13)10-18-2/h3-4,7-8,11,16H,5-6,9-10H2,1-2H3,(H,15,17). The molecule has 1 unspecified atom stereocenters. The van der Waals surface area contributed by atoms with Crippen molar-refractivity contribution in [2.24, 2.45) is 0 Å². The molecule has 1 aromatic carbocycles. The van der Waals surface area contributed by atoms with E-state index in [-0.39, 0.29) is 12.0 Å². The number of amides is 1. The van der Waals surface area contributed by atoms with Gasteiger partial charge in [-0.05, 0) is 31.4 Å². The molecule has 1 amide bonds. The van der Waals surface area contributed by atoms with Gasteiger partial charge in [0.05, 0.1) is 12.7 Å². The molecule has 0 spiro atoms. The number of benzene rings is 1. The Morgan fingerprint density at radius 2 is 2.17 bits per heavy atom. The summed E-state index contributed by atoms with van der Waals surface area (Å²) >= 11 is 0. The third-order valence-electron chi connectivity index (χ3n) is 2.65. The highest BCUT2D eigenvalue weighted by Crippen LogP contribution is 2.09. The molecule has 1 aromatic rings. The van der Waals surface area contributed by atoms with E-state index in [4.69, 9.17) is 9.84 Å². The Morgan fingerprint density at radius 3 is 2.83 bits per heavy atom. The summed E-state index contributed by atoms with van der Waals surface area (Å²) in [4.78, 5) is 12.0. The lowest BCUT2D eigenvalue weighted by Gasteiger charge is -2.10. The maximum absolute atomic E-state index is 12.0. The second kappa shape index (κ2) is 7.84. The Bertz CT molecular complexity index is 377. The van der Waals surface area contributed by atoms with Crippen LogP contribution in [0.3, 0.4) is 0 Å². The van der Waals surface area contributed by atoms with Crippen molar-refractivity contribution in [3.05, 3.63) is 35.4 Å². The third-order valence-corrected chi connectivity index (χ3v) is 2.65. The average Bonchev–Trinajstić information content (AvgIpc) is 2.35. The second-order valence-electron chi connectivity index (χ2n) is 4.34. The van der Waals surface area contributed by atoms with Crippen molar-refractivity contribution in [3.8, 4) is 0 Å². The van der Waals surface area contributed by atoms with Gasteiger partial charge in [-0.2, -0.15) is 0 Å². The SMILES string of the molecule is COCc1ccccc1C(=O)NCCCC(C)O. The fraction of sp³-hybridized carbons (Fsp3) is 0.500. The molecule has 100 valence electrons. The molecular formula is C14H21NO3. The summed E-state index contributed by atoms with van der Waals surface area (Å²) in [5, 5.41) is 12.0. The summed E-state index contributed by atoms with van der Waals surface area (Å²) in [5.74, 6) is -0.0896. The van der Waals surface area contributed by atoms with Gasteiger partial charge in [0.25, 0.3) is 5.91 Å². The summed E-state index contributed by atoms with van der Waals surface area (Å²) in [5.41, 5.74) is 1.53. The van der Waals surface area contributed by atoms with Gasteiger partial charge in [0, 0.05) is 19.2 Å². The van der Waals surface area contributed by atoms with Crippen LogP contribution in [0.25, 0.3) is 0 Å². The molecule has 0 aromatic heterocycles. The van der Waals surface area contributed by atoms with Gasteiger partial charge in [0.1, 0.15) is 0 Å². The monoisotopic (exact) mass is 251 g/mol. The molecule has 0 saturated heterocycles. The van der Waals surface area contributed by atoms with E-state index >= 15 is 0 Å². The zero-order valence-corrected chi connectivity index (χ0v) is 11.0. The van der Waals surface area contributed by atoms with Crippen LogP contribution in [0.15, 0.2) is 24.3 Å². The Labute approximate surface area is 108 Å². The molecule has 0 saturated carbocycles. The van der Waals surface area contributed by atoms with Crippen LogP contribution < -0.4 is 5.32 Å². The first-order chi connectivity index (χ1) is 8.65. The molecule has 0 aliphatic heterocycles. The maximum atomic E-state index is 12.0. The summed E-state index contributed by atoms with van der Waals surface area (Å²) in [6.07, 6.45) is 1.15. The van der Waals surface area contributed by atoms with Crippen LogP contribution in [0.1, 0.15) is 35.7 Å². The number of carbonyl (C=O) groups is 1. The van der Waals surface area contributed by atoms with Gasteiger partial charge < -0.3 is 15.2 Å². The van der Waals surface area contributed by atoms with Crippen LogP contribution in [0, 0.1) is 0 Å². The van der Waals surface area contributed by atoms with E-state index in [1.807, 2.05) is 18.2 Å². The van der Waals surface area contributed by atoms with E-state index in [1.165, 1.54) is 0 Å². The molecule has 1 atom stereocenters. The number of hydrogen-bond acceptors (Lipinski definition) is 3. The number of methoxy groups -OCH3 is 1. The van der Waals surface area contributed by atoms with Crippen molar-refractivity contribution in [3.63, 3.8) is 0 Å². The van der Waals surface area contributed by atoms with Gasteiger partial charge in [0.15, 0.2) is 0 Å². The van der Waals surface area contributed by atoms with E-state index in [0.29, 0.717) is 25.1 Å². The van der Waals surface area contributed by atoms with Crippen molar-refractivity contribution in [1.82, 2.24) is 5.32 Å². The number of carbonyl (C=O) groups excluding carboxylic acids is 1. The lowest BCUT2D eigenvalue weighted by atomic mass is 10.1. The summed E-state index contributed by atoms with van der Waals surface area (Å²) in [6, 6.07) is 7.40. The molecule has 0 fully saturated rings. The van der Waals surface area contributed by atoms with Gasteiger partial charge in [-0.15, -0.1) is 0 Å². The van der Waals surface area contributed by atoms with Crippen molar-refractivity contribution >= 4 is 5.91 Å². The van der Waals surface area contributed by atoms with E-state index < -0.39 is 0 Å². The molecule has 4 nitrogen and oxygen atoms in total. The summed E-state index contributed by atoms with van der Waals surface area (Å²) in [6.45, 7) is 2.75. The van der Waals surface area contributed by atoms with Crippen molar-refractivity contribution in [2.45, 2.75) is 32.5 Å². The van der Waals surface area contributed by atoms with Gasteiger partial charge >= 0.3 is 0 Å². The third kappa shape index (κ3) is 4.85. The summed E-state index contributed by atoms with van der Waals surface area (Å²) < 4.78 is 5.06. The van der Waals surface area contributed by atoms with Gasteiger partial charge in [-0.3, -0.25) is 4.79 Å². The highest BCUT2D eigenvalue weighted by molar-refractivity contribution is 5.95. The topological polar surface area (TPSA) is 58.6 Å². The lowest BCUT2D eigenvalue weighted by Crippen LogP contribution is -2.26. The van der Waals surface area contributed by atoms with E-state index in [1.54, 1.807) is 20.1 Å². The first-order valence-electron chi connectivity index (χ1n) is 6.18. The molecule has 0 radical (unpaired) electrons. The van der Waals surface area contributed by atoms with E-state index in [0.717, 1.165) is 12.0 Å². The van der Waals surface area contributed by atoms with Gasteiger partial charge in [0.2, 0.25) is 0 Å². The quantitative estimate of drug-likeness (QED) is 0.725. The normalized spacial score (nSPS) is 12.2. The molecule has 4 heteroatoms. The van der Waals surface area contributed by atoms with Crippen LogP contribution in [0.2, 0.25) is 0 Å². The van der Waals surface area contributed by atoms with Gasteiger partial charge in [-0.1, -0.05) is 18.2 Å². The van der Waals surface area contributed by atoms with Crippen molar-refractivity contribution in [2.75, 3.05) is 13.7 Å². The number of aliphatic hydroxyl groups is 1. The van der Waals surface area contributed by atoms with Crippen molar-refractivity contribution < 1.29 is 14.6 Å². The molecule has 1 rings (SSSR count). The maximum Gasteiger partial charge on any atom is 0.251 e. The molecule has 0 bridgehead atoms. The Balaban J connectivity index is 2.50. The Hall–Kier alpha value is -1.39. The first-order valence-corrected chi connectivity index (χ1v) is 6.18. The minimum atomic E-state index is -0.317. The Kier molecular flexibility index (Phi) is 6.39. The predicted molar refractivity (Wildman–Crippen MR) is 70.4 cm³/mol. The minimum absolute atomic E-state index is 0.0896. The lowest BCUT2D eigenvalue weighted by molar-refractivity contribution is 0.0944. The minimum Gasteiger partial charge on any atom is -0.393 e. The number of rotatable bonds is 7. The first kappa shape index (κ1) is 14.7.